The highest BCUT2D eigenvalue weighted by Crippen LogP contribution is 2.03. The van der Waals surface area contributed by atoms with E-state index in [2.05, 4.69) is 0 Å². The second-order valence-electron chi connectivity index (χ2n) is 3.63. The summed E-state index contributed by atoms with van der Waals surface area (Å²) in [5.41, 5.74) is 0. The summed E-state index contributed by atoms with van der Waals surface area (Å²) < 4.78 is 0. The van der Waals surface area contributed by atoms with E-state index in [4.69, 9.17) is 5.11 Å². The number of hydrogen-bond donors (Lipinski definition) is 1. The number of hydrogen-bond acceptors (Lipinski definition) is 2. The Kier molecular flexibility index (Phi) is 7.68. The van der Waals surface area contributed by atoms with Gasteiger partial charge in [-0.1, -0.05) is 13.8 Å². The van der Waals surface area contributed by atoms with Gasteiger partial charge in [0.2, 0.25) is 5.91 Å². The molecule has 0 aromatic carbocycles. The minimum atomic E-state index is -0.833. The molecule has 0 saturated carbocycles. The maximum Gasteiger partial charge on any atom is 0.303 e. The number of rotatable bonds is 8. The van der Waals surface area contributed by atoms with Crippen molar-refractivity contribution in [1.29, 1.82) is 0 Å². The van der Waals surface area contributed by atoms with Gasteiger partial charge < -0.3 is 10.0 Å². The van der Waals surface area contributed by atoms with Crippen molar-refractivity contribution in [3.8, 4) is 0 Å². The minimum Gasteiger partial charge on any atom is -0.481 e. The summed E-state index contributed by atoms with van der Waals surface area (Å²) >= 11 is 0. The lowest BCUT2D eigenvalue weighted by atomic mass is 10.2. The topological polar surface area (TPSA) is 57.6 Å². The quantitative estimate of drug-likeness (QED) is 0.672. The van der Waals surface area contributed by atoms with Gasteiger partial charge in [0.15, 0.2) is 0 Å². The normalized spacial score (nSPS) is 10.0. The Morgan fingerprint density at radius 3 is 2.00 bits per heavy atom. The van der Waals surface area contributed by atoms with Gasteiger partial charge in [-0.15, -0.1) is 0 Å². The minimum absolute atomic E-state index is 0.0812. The Balaban J connectivity index is 3.85. The molecule has 0 saturated heterocycles. The molecule has 0 fully saturated rings. The van der Waals surface area contributed by atoms with Crippen molar-refractivity contribution >= 4 is 11.9 Å². The first kappa shape index (κ1) is 13.9. The van der Waals surface area contributed by atoms with Crippen LogP contribution in [0, 0.1) is 0 Å². The summed E-state index contributed by atoms with van der Waals surface area (Å²) in [7, 11) is 0. The summed E-state index contributed by atoms with van der Waals surface area (Å²) in [5.74, 6) is -0.750. The van der Waals surface area contributed by atoms with Gasteiger partial charge in [-0.3, -0.25) is 9.59 Å². The monoisotopic (exact) mass is 215 g/mol. The van der Waals surface area contributed by atoms with E-state index >= 15 is 0 Å². The van der Waals surface area contributed by atoms with Gasteiger partial charge in [0.05, 0.1) is 0 Å². The van der Waals surface area contributed by atoms with E-state index in [-0.39, 0.29) is 12.3 Å². The molecule has 1 amide bonds. The summed E-state index contributed by atoms with van der Waals surface area (Å²) in [6.07, 6.45) is 2.78. The third-order valence-corrected chi connectivity index (χ3v) is 2.12. The Morgan fingerprint density at radius 2 is 1.60 bits per heavy atom. The molecule has 0 atom stereocenters. The van der Waals surface area contributed by atoms with Crippen LogP contribution in [0.15, 0.2) is 0 Å². The summed E-state index contributed by atoms with van der Waals surface area (Å²) in [6.45, 7) is 5.62. The predicted octanol–water partition coefficient (Wildman–Crippen LogP) is 1.89. The van der Waals surface area contributed by atoms with Crippen LogP contribution in [0.1, 0.15) is 46.0 Å². The molecule has 0 rings (SSSR count). The molecule has 15 heavy (non-hydrogen) atoms. The van der Waals surface area contributed by atoms with Crippen molar-refractivity contribution in [2.24, 2.45) is 0 Å². The smallest absolute Gasteiger partial charge is 0.303 e. The fourth-order valence-corrected chi connectivity index (χ4v) is 1.45. The van der Waals surface area contributed by atoms with E-state index in [1.54, 1.807) is 0 Å². The lowest BCUT2D eigenvalue weighted by Gasteiger charge is -2.21. The maximum absolute atomic E-state index is 11.6. The number of aliphatic carboxylic acids is 1. The van der Waals surface area contributed by atoms with Crippen molar-refractivity contribution in [2.45, 2.75) is 46.0 Å². The van der Waals surface area contributed by atoms with Crippen LogP contribution in [-0.4, -0.2) is 35.0 Å². The second kappa shape index (κ2) is 8.26. The van der Waals surface area contributed by atoms with Gasteiger partial charge in [0.1, 0.15) is 0 Å². The Hall–Kier alpha value is -1.06. The molecule has 0 aromatic heterocycles. The first-order valence-electron chi connectivity index (χ1n) is 5.61. The molecule has 0 bridgehead atoms. The van der Waals surface area contributed by atoms with Crippen LogP contribution < -0.4 is 0 Å². The molecule has 0 aliphatic rings. The standard InChI is InChI=1S/C11H21NO3/c1-3-8-12(9-4-2)10(13)6-5-7-11(14)15/h3-9H2,1-2H3,(H,14,15). The van der Waals surface area contributed by atoms with E-state index in [1.807, 2.05) is 18.7 Å². The van der Waals surface area contributed by atoms with Gasteiger partial charge in [0, 0.05) is 25.9 Å². The average molecular weight is 215 g/mol. The van der Waals surface area contributed by atoms with Gasteiger partial charge in [-0.25, -0.2) is 0 Å². The number of amides is 1. The van der Waals surface area contributed by atoms with Gasteiger partial charge in [0.25, 0.3) is 0 Å². The lowest BCUT2D eigenvalue weighted by Crippen LogP contribution is -2.32. The SMILES string of the molecule is CCCN(CCC)C(=O)CCCC(=O)O. The first-order chi connectivity index (χ1) is 7.11. The molecule has 0 aliphatic carbocycles. The lowest BCUT2D eigenvalue weighted by molar-refractivity contribution is -0.137. The largest absolute Gasteiger partial charge is 0.481 e. The molecule has 4 heteroatoms. The zero-order valence-electron chi connectivity index (χ0n) is 9.66. The summed E-state index contributed by atoms with van der Waals surface area (Å²) in [6, 6.07) is 0. The van der Waals surface area contributed by atoms with E-state index in [0.717, 1.165) is 25.9 Å². The molecule has 88 valence electrons. The number of carboxylic acid groups (broad SMARTS) is 1. The van der Waals surface area contributed by atoms with Crippen LogP contribution >= 0.6 is 0 Å². The van der Waals surface area contributed by atoms with Crippen molar-refractivity contribution < 1.29 is 14.7 Å². The van der Waals surface area contributed by atoms with Crippen molar-refractivity contribution in [3.63, 3.8) is 0 Å². The molecule has 0 unspecified atom stereocenters. The predicted molar refractivity (Wildman–Crippen MR) is 58.6 cm³/mol. The fourth-order valence-electron chi connectivity index (χ4n) is 1.45. The highest BCUT2D eigenvalue weighted by molar-refractivity contribution is 5.76. The number of carboxylic acids is 1. The average Bonchev–Trinajstić information content (AvgIpc) is 2.16. The highest BCUT2D eigenvalue weighted by atomic mass is 16.4. The van der Waals surface area contributed by atoms with Gasteiger partial charge in [-0.05, 0) is 19.3 Å². The molecule has 0 spiro atoms. The van der Waals surface area contributed by atoms with Gasteiger partial charge >= 0.3 is 5.97 Å². The van der Waals surface area contributed by atoms with E-state index in [0.29, 0.717) is 12.8 Å². The molecule has 0 aromatic rings. The van der Waals surface area contributed by atoms with Crippen LogP contribution in [-0.2, 0) is 9.59 Å². The highest BCUT2D eigenvalue weighted by Gasteiger charge is 2.11. The number of nitrogens with zero attached hydrogens (tertiary/aromatic N) is 1. The Morgan fingerprint density at radius 1 is 1.07 bits per heavy atom. The van der Waals surface area contributed by atoms with E-state index in [1.165, 1.54) is 0 Å². The van der Waals surface area contributed by atoms with Crippen LogP contribution in [0.2, 0.25) is 0 Å². The fraction of sp³-hybridized carbons (Fsp3) is 0.818. The molecule has 4 nitrogen and oxygen atoms in total. The Labute approximate surface area is 91.3 Å². The number of carbonyl (C=O) groups is 2. The van der Waals surface area contributed by atoms with Crippen molar-refractivity contribution in [2.75, 3.05) is 13.1 Å². The van der Waals surface area contributed by atoms with Crippen molar-refractivity contribution in [3.05, 3.63) is 0 Å². The molecule has 1 N–H and O–H groups in total. The first-order valence-corrected chi connectivity index (χ1v) is 5.61. The third-order valence-electron chi connectivity index (χ3n) is 2.12. The summed E-state index contributed by atoms with van der Waals surface area (Å²) in [4.78, 5) is 23.7. The van der Waals surface area contributed by atoms with E-state index < -0.39 is 5.97 Å². The van der Waals surface area contributed by atoms with Crippen LogP contribution in [0.5, 0.6) is 0 Å². The van der Waals surface area contributed by atoms with Gasteiger partial charge in [-0.2, -0.15) is 0 Å². The maximum atomic E-state index is 11.6. The van der Waals surface area contributed by atoms with E-state index in [9.17, 15) is 9.59 Å². The van der Waals surface area contributed by atoms with Crippen LogP contribution in [0.25, 0.3) is 0 Å². The number of carbonyl (C=O) groups excluding carboxylic acids is 1. The molecule has 0 aliphatic heterocycles. The molecule has 0 radical (unpaired) electrons. The summed E-state index contributed by atoms with van der Waals surface area (Å²) in [5, 5.41) is 8.45. The Bertz CT molecular complexity index is 198. The zero-order valence-corrected chi connectivity index (χ0v) is 9.66. The van der Waals surface area contributed by atoms with Crippen LogP contribution in [0.4, 0.5) is 0 Å². The molecule has 0 heterocycles. The third kappa shape index (κ3) is 6.94. The second-order valence-corrected chi connectivity index (χ2v) is 3.63. The molecular formula is C11H21NO3. The van der Waals surface area contributed by atoms with Crippen LogP contribution in [0.3, 0.4) is 0 Å². The zero-order chi connectivity index (χ0) is 11.7. The van der Waals surface area contributed by atoms with Crippen molar-refractivity contribution in [1.82, 2.24) is 4.90 Å². The molecular weight excluding hydrogens is 194 g/mol.